The summed E-state index contributed by atoms with van der Waals surface area (Å²) in [4.78, 5) is 12.8. The monoisotopic (exact) mass is 280 g/mol. The Labute approximate surface area is 120 Å². The second-order valence-corrected chi connectivity index (χ2v) is 5.55. The van der Waals surface area contributed by atoms with Gasteiger partial charge in [0.15, 0.2) is 0 Å². The molecule has 0 unspecified atom stereocenters. The highest BCUT2D eigenvalue weighted by Gasteiger charge is 2.04. The van der Waals surface area contributed by atoms with Gasteiger partial charge in [-0.05, 0) is 36.9 Å². The van der Waals surface area contributed by atoms with Gasteiger partial charge in [-0.1, -0.05) is 39.0 Å². The maximum atomic E-state index is 11.6. The fourth-order valence-corrected chi connectivity index (χ4v) is 2.28. The summed E-state index contributed by atoms with van der Waals surface area (Å²) in [5.41, 5.74) is 0. The van der Waals surface area contributed by atoms with Crippen LogP contribution < -0.4 is 4.74 Å². The van der Waals surface area contributed by atoms with Gasteiger partial charge in [0.25, 0.3) is 0 Å². The van der Waals surface area contributed by atoms with E-state index in [0.29, 0.717) is 12.2 Å². The van der Waals surface area contributed by atoms with E-state index in [1.165, 1.54) is 30.6 Å². The summed E-state index contributed by atoms with van der Waals surface area (Å²) in [5, 5.41) is 0. The topological polar surface area (TPSA) is 26.3 Å². The Hall–Kier alpha value is -0.960. The molecule has 0 aliphatic carbocycles. The summed E-state index contributed by atoms with van der Waals surface area (Å²) in [5.74, 6) is 0.529. The van der Waals surface area contributed by atoms with E-state index < -0.39 is 0 Å². The zero-order valence-electron chi connectivity index (χ0n) is 12.0. The number of unbranched alkanes of at least 4 members (excludes halogenated alkanes) is 5. The minimum atomic E-state index is -0.118. The molecule has 0 spiro atoms. The van der Waals surface area contributed by atoms with E-state index in [0.717, 1.165) is 12.8 Å². The highest BCUT2D eigenvalue weighted by atomic mass is 32.2. The first-order valence-corrected chi connectivity index (χ1v) is 8.33. The van der Waals surface area contributed by atoms with E-state index in [1.807, 2.05) is 30.5 Å². The van der Waals surface area contributed by atoms with Crippen LogP contribution in [0.25, 0.3) is 0 Å². The summed E-state index contributed by atoms with van der Waals surface area (Å²) >= 11 is 1.68. The number of rotatable bonds is 9. The third-order valence-corrected chi connectivity index (χ3v) is 3.77. The van der Waals surface area contributed by atoms with E-state index in [-0.39, 0.29) is 5.97 Å². The average molecular weight is 280 g/mol. The van der Waals surface area contributed by atoms with Gasteiger partial charge in [-0.15, -0.1) is 11.8 Å². The first-order chi connectivity index (χ1) is 9.26. The highest BCUT2D eigenvalue weighted by Crippen LogP contribution is 2.19. The molecule has 0 aromatic heterocycles. The van der Waals surface area contributed by atoms with Crippen LogP contribution in [0.3, 0.4) is 0 Å². The van der Waals surface area contributed by atoms with Crippen molar-refractivity contribution in [2.75, 3.05) is 6.26 Å². The predicted octanol–water partition coefficient (Wildman–Crippen LogP) is 5.06. The molecule has 106 valence electrons. The number of carbonyl (C=O) groups excluding carboxylic acids is 1. The Bertz CT molecular complexity index is 360. The molecule has 1 aromatic rings. The molecule has 2 nitrogen and oxygen atoms in total. The van der Waals surface area contributed by atoms with Crippen molar-refractivity contribution >= 4 is 17.7 Å². The molecule has 0 aliphatic rings. The summed E-state index contributed by atoms with van der Waals surface area (Å²) < 4.78 is 5.29. The summed E-state index contributed by atoms with van der Waals surface area (Å²) in [6.07, 6.45) is 9.67. The van der Waals surface area contributed by atoms with E-state index in [4.69, 9.17) is 4.74 Å². The number of hydrogen-bond donors (Lipinski definition) is 0. The molecule has 19 heavy (non-hydrogen) atoms. The Morgan fingerprint density at radius 3 is 2.32 bits per heavy atom. The van der Waals surface area contributed by atoms with E-state index >= 15 is 0 Å². The molecule has 0 saturated carbocycles. The first kappa shape index (κ1) is 16.1. The zero-order valence-corrected chi connectivity index (χ0v) is 12.8. The third-order valence-electron chi connectivity index (χ3n) is 3.03. The molecule has 0 radical (unpaired) electrons. The lowest BCUT2D eigenvalue weighted by atomic mass is 10.1. The van der Waals surface area contributed by atoms with Crippen molar-refractivity contribution in [2.24, 2.45) is 0 Å². The van der Waals surface area contributed by atoms with E-state index in [9.17, 15) is 4.79 Å². The van der Waals surface area contributed by atoms with Crippen LogP contribution in [0.5, 0.6) is 5.75 Å². The maximum Gasteiger partial charge on any atom is 0.311 e. The molecule has 0 heterocycles. The quantitative estimate of drug-likeness (QED) is 0.273. The highest BCUT2D eigenvalue weighted by molar-refractivity contribution is 7.98. The lowest BCUT2D eigenvalue weighted by Crippen LogP contribution is -2.07. The Morgan fingerprint density at radius 2 is 1.68 bits per heavy atom. The second kappa shape index (κ2) is 9.90. The maximum absolute atomic E-state index is 11.6. The normalized spacial score (nSPS) is 10.4. The van der Waals surface area contributed by atoms with Crippen LogP contribution in [-0.2, 0) is 4.79 Å². The molecule has 3 heteroatoms. The fourth-order valence-electron chi connectivity index (χ4n) is 1.88. The number of benzene rings is 1. The lowest BCUT2D eigenvalue weighted by Gasteiger charge is -2.05. The molecule has 0 fully saturated rings. The molecule has 1 aromatic carbocycles. The van der Waals surface area contributed by atoms with Crippen LogP contribution in [-0.4, -0.2) is 12.2 Å². The molecule has 0 aliphatic heterocycles. The van der Waals surface area contributed by atoms with Gasteiger partial charge in [-0.25, -0.2) is 0 Å². The molecule has 0 bridgehead atoms. The summed E-state index contributed by atoms with van der Waals surface area (Å²) in [6.45, 7) is 2.21. The first-order valence-electron chi connectivity index (χ1n) is 7.11. The number of carbonyl (C=O) groups is 1. The summed E-state index contributed by atoms with van der Waals surface area (Å²) in [7, 11) is 0. The SMILES string of the molecule is CCCCCCCCC(=O)Oc1ccc(SC)cc1. The molecule has 0 N–H and O–H groups in total. The fraction of sp³-hybridized carbons (Fsp3) is 0.562. The molecule has 0 atom stereocenters. The van der Waals surface area contributed by atoms with Crippen LogP contribution in [0.15, 0.2) is 29.2 Å². The van der Waals surface area contributed by atoms with Gasteiger partial charge in [0, 0.05) is 11.3 Å². The number of hydrogen-bond acceptors (Lipinski definition) is 3. The van der Waals surface area contributed by atoms with Crippen molar-refractivity contribution < 1.29 is 9.53 Å². The number of esters is 1. The van der Waals surface area contributed by atoms with E-state index in [1.54, 1.807) is 11.8 Å². The van der Waals surface area contributed by atoms with Gasteiger partial charge < -0.3 is 4.74 Å². The van der Waals surface area contributed by atoms with Gasteiger partial charge in [0.2, 0.25) is 0 Å². The van der Waals surface area contributed by atoms with Crippen LogP contribution in [0.1, 0.15) is 51.9 Å². The second-order valence-electron chi connectivity index (χ2n) is 4.67. The molecular formula is C16H24O2S. The van der Waals surface area contributed by atoms with Gasteiger partial charge in [-0.2, -0.15) is 0 Å². The van der Waals surface area contributed by atoms with E-state index in [2.05, 4.69) is 6.92 Å². The smallest absolute Gasteiger partial charge is 0.311 e. The largest absolute Gasteiger partial charge is 0.427 e. The summed E-state index contributed by atoms with van der Waals surface area (Å²) in [6, 6.07) is 7.64. The van der Waals surface area contributed by atoms with Crippen LogP contribution in [0.2, 0.25) is 0 Å². The molecule has 1 rings (SSSR count). The van der Waals surface area contributed by atoms with Crippen molar-refractivity contribution in [2.45, 2.75) is 56.8 Å². The number of thioether (sulfide) groups is 1. The van der Waals surface area contributed by atoms with Crippen molar-refractivity contribution in [1.29, 1.82) is 0 Å². The lowest BCUT2D eigenvalue weighted by molar-refractivity contribution is -0.134. The van der Waals surface area contributed by atoms with Crippen LogP contribution in [0, 0.1) is 0 Å². The Morgan fingerprint density at radius 1 is 1.05 bits per heavy atom. The van der Waals surface area contributed by atoms with Crippen LogP contribution in [0.4, 0.5) is 0 Å². The zero-order chi connectivity index (χ0) is 13.9. The van der Waals surface area contributed by atoms with Gasteiger partial charge >= 0.3 is 5.97 Å². The third kappa shape index (κ3) is 7.26. The average Bonchev–Trinajstić information content (AvgIpc) is 2.43. The van der Waals surface area contributed by atoms with Gasteiger partial charge in [-0.3, -0.25) is 4.79 Å². The van der Waals surface area contributed by atoms with Gasteiger partial charge in [0.05, 0.1) is 0 Å². The van der Waals surface area contributed by atoms with Crippen molar-refractivity contribution in [3.05, 3.63) is 24.3 Å². The van der Waals surface area contributed by atoms with Crippen molar-refractivity contribution in [3.63, 3.8) is 0 Å². The minimum absolute atomic E-state index is 0.118. The van der Waals surface area contributed by atoms with Crippen molar-refractivity contribution in [3.8, 4) is 5.75 Å². The molecule has 0 saturated heterocycles. The minimum Gasteiger partial charge on any atom is -0.427 e. The van der Waals surface area contributed by atoms with Gasteiger partial charge in [0.1, 0.15) is 5.75 Å². The standard InChI is InChI=1S/C16H24O2S/c1-3-4-5-6-7-8-9-16(17)18-14-10-12-15(19-2)13-11-14/h10-13H,3-9H2,1-2H3. The Balaban J connectivity index is 2.16. The van der Waals surface area contributed by atoms with Crippen LogP contribution >= 0.6 is 11.8 Å². The van der Waals surface area contributed by atoms with Crippen molar-refractivity contribution in [1.82, 2.24) is 0 Å². The Kier molecular flexibility index (Phi) is 8.39. The molecular weight excluding hydrogens is 256 g/mol. The predicted molar refractivity (Wildman–Crippen MR) is 81.9 cm³/mol. The molecule has 0 amide bonds. The number of ether oxygens (including phenoxy) is 1.